The fourth-order valence-corrected chi connectivity index (χ4v) is 3.23. The van der Waals surface area contributed by atoms with Crippen molar-refractivity contribution in [3.63, 3.8) is 0 Å². The smallest absolute Gasteiger partial charge is 0.0534 e. The molecule has 0 saturated carbocycles. The van der Waals surface area contributed by atoms with Crippen molar-refractivity contribution in [2.24, 2.45) is 7.05 Å². The van der Waals surface area contributed by atoms with Crippen LogP contribution in [0.5, 0.6) is 0 Å². The molecule has 0 spiro atoms. The molecule has 1 heterocycles. The predicted molar refractivity (Wildman–Crippen MR) is 81.5 cm³/mol. The Morgan fingerprint density at radius 1 is 1.35 bits per heavy atom. The van der Waals surface area contributed by atoms with Crippen LogP contribution in [0.25, 0.3) is 0 Å². The third kappa shape index (κ3) is 2.50. The SMILES string of the molecule is Cn1cc(CNC2CCC(C)(C)c3ccccc32)cn1. The van der Waals surface area contributed by atoms with Crippen molar-refractivity contribution in [1.82, 2.24) is 15.1 Å². The minimum atomic E-state index is 0.295. The van der Waals surface area contributed by atoms with Gasteiger partial charge in [-0.3, -0.25) is 4.68 Å². The van der Waals surface area contributed by atoms with E-state index in [4.69, 9.17) is 0 Å². The van der Waals surface area contributed by atoms with E-state index in [1.54, 1.807) is 0 Å². The summed E-state index contributed by atoms with van der Waals surface area (Å²) in [5.74, 6) is 0. The Labute approximate surface area is 121 Å². The van der Waals surface area contributed by atoms with Crippen molar-refractivity contribution >= 4 is 0 Å². The highest BCUT2D eigenvalue weighted by Gasteiger charge is 2.31. The van der Waals surface area contributed by atoms with Crippen molar-refractivity contribution in [3.8, 4) is 0 Å². The van der Waals surface area contributed by atoms with Gasteiger partial charge in [-0.25, -0.2) is 0 Å². The summed E-state index contributed by atoms with van der Waals surface area (Å²) in [7, 11) is 1.96. The zero-order chi connectivity index (χ0) is 14.2. The number of aryl methyl sites for hydroxylation is 1. The van der Waals surface area contributed by atoms with Gasteiger partial charge in [0.1, 0.15) is 0 Å². The van der Waals surface area contributed by atoms with Gasteiger partial charge in [0, 0.05) is 31.4 Å². The molecule has 1 atom stereocenters. The van der Waals surface area contributed by atoms with Crippen molar-refractivity contribution < 1.29 is 0 Å². The van der Waals surface area contributed by atoms with Crippen LogP contribution >= 0.6 is 0 Å². The lowest BCUT2D eigenvalue weighted by Crippen LogP contribution is -2.32. The molecule has 1 aliphatic rings. The molecule has 3 heteroatoms. The first-order valence-electron chi connectivity index (χ1n) is 7.36. The van der Waals surface area contributed by atoms with Crippen molar-refractivity contribution in [1.29, 1.82) is 0 Å². The van der Waals surface area contributed by atoms with Gasteiger partial charge in [-0.05, 0) is 29.4 Å². The molecule has 3 nitrogen and oxygen atoms in total. The molecule has 0 amide bonds. The fraction of sp³-hybridized carbons (Fsp3) is 0.471. The average Bonchev–Trinajstić information content (AvgIpc) is 2.84. The van der Waals surface area contributed by atoms with Crippen LogP contribution in [0.2, 0.25) is 0 Å². The van der Waals surface area contributed by atoms with Crippen LogP contribution in [0.4, 0.5) is 0 Å². The van der Waals surface area contributed by atoms with Gasteiger partial charge in [-0.2, -0.15) is 5.10 Å². The summed E-state index contributed by atoms with van der Waals surface area (Å²) in [6.45, 7) is 5.58. The molecule has 0 radical (unpaired) electrons. The van der Waals surface area contributed by atoms with E-state index >= 15 is 0 Å². The number of nitrogens with one attached hydrogen (secondary N) is 1. The Bertz CT molecular complexity index is 598. The molecule has 0 fully saturated rings. The van der Waals surface area contributed by atoms with Gasteiger partial charge >= 0.3 is 0 Å². The maximum atomic E-state index is 4.22. The van der Waals surface area contributed by atoms with E-state index in [1.165, 1.54) is 29.5 Å². The van der Waals surface area contributed by atoms with Gasteiger partial charge in [-0.1, -0.05) is 38.1 Å². The molecule has 1 unspecified atom stereocenters. The first kappa shape index (κ1) is 13.4. The standard InChI is InChI=1S/C17H23N3/c1-17(2)9-8-16(14-6-4-5-7-15(14)17)18-10-13-11-19-20(3)12-13/h4-7,11-12,16,18H,8-10H2,1-3H3. The number of rotatable bonds is 3. The van der Waals surface area contributed by atoms with E-state index < -0.39 is 0 Å². The van der Waals surface area contributed by atoms with Crippen LogP contribution in [-0.2, 0) is 19.0 Å². The molecule has 1 aromatic heterocycles. The quantitative estimate of drug-likeness (QED) is 0.926. The van der Waals surface area contributed by atoms with Gasteiger partial charge in [0.25, 0.3) is 0 Å². The van der Waals surface area contributed by atoms with E-state index in [-0.39, 0.29) is 0 Å². The normalized spacial score (nSPS) is 20.6. The summed E-state index contributed by atoms with van der Waals surface area (Å²) < 4.78 is 1.86. The molecule has 1 aliphatic carbocycles. The molecule has 0 bridgehead atoms. The number of hydrogen-bond acceptors (Lipinski definition) is 2. The summed E-state index contributed by atoms with van der Waals surface area (Å²) in [6, 6.07) is 9.33. The summed E-state index contributed by atoms with van der Waals surface area (Å²) in [6.07, 6.45) is 6.44. The van der Waals surface area contributed by atoms with Gasteiger partial charge in [0.15, 0.2) is 0 Å². The first-order chi connectivity index (χ1) is 9.56. The number of fused-ring (bicyclic) bond motifs is 1. The summed E-state index contributed by atoms with van der Waals surface area (Å²) in [5, 5.41) is 7.92. The molecule has 3 rings (SSSR count). The van der Waals surface area contributed by atoms with E-state index in [2.05, 4.69) is 54.7 Å². The van der Waals surface area contributed by atoms with E-state index in [0.717, 1.165) is 6.54 Å². The highest BCUT2D eigenvalue weighted by molar-refractivity contribution is 5.38. The Hall–Kier alpha value is -1.61. The molecule has 0 aliphatic heterocycles. The topological polar surface area (TPSA) is 29.9 Å². The van der Waals surface area contributed by atoms with Crippen LogP contribution in [0.3, 0.4) is 0 Å². The summed E-state index contributed by atoms with van der Waals surface area (Å²) in [4.78, 5) is 0. The fourth-order valence-electron chi connectivity index (χ4n) is 3.23. The van der Waals surface area contributed by atoms with Gasteiger partial charge in [-0.15, -0.1) is 0 Å². The molecule has 0 saturated heterocycles. The maximum absolute atomic E-state index is 4.22. The zero-order valence-corrected chi connectivity index (χ0v) is 12.6. The number of nitrogens with zero attached hydrogens (tertiary/aromatic N) is 2. The maximum Gasteiger partial charge on any atom is 0.0534 e. The molecular formula is C17H23N3. The Kier molecular flexibility index (Phi) is 3.38. The lowest BCUT2D eigenvalue weighted by Gasteiger charge is -2.37. The molecule has 1 aromatic carbocycles. The van der Waals surface area contributed by atoms with E-state index in [9.17, 15) is 0 Å². The first-order valence-corrected chi connectivity index (χ1v) is 7.36. The van der Waals surface area contributed by atoms with Crippen LogP contribution in [0.1, 0.15) is 49.4 Å². The molecular weight excluding hydrogens is 246 g/mol. The highest BCUT2D eigenvalue weighted by atomic mass is 15.2. The Morgan fingerprint density at radius 3 is 2.90 bits per heavy atom. The third-order valence-electron chi connectivity index (χ3n) is 4.43. The third-order valence-corrected chi connectivity index (χ3v) is 4.43. The number of aromatic nitrogens is 2. The van der Waals surface area contributed by atoms with Crippen LogP contribution in [-0.4, -0.2) is 9.78 Å². The van der Waals surface area contributed by atoms with Crippen molar-refractivity contribution in [3.05, 3.63) is 53.3 Å². The summed E-state index contributed by atoms with van der Waals surface area (Å²) in [5.41, 5.74) is 4.50. The van der Waals surface area contributed by atoms with Crippen molar-refractivity contribution in [2.75, 3.05) is 0 Å². The highest BCUT2D eigenvalue weighted by Crippen LogP contribution is 2.41. The van der Waals surface area contributed by atoms with Crippen LogP contribution in [0, 0.1) is 0 Å². The largest absolute Gasteiger partial charge is 0.306 e. The monoisotopic (exact) mass is 269 g/mol. The van der Waals surface area contributed by atoms with E-state index in [0.29, 0.717) is 11.5 Å². The molecule has 20 heavy (non-hydrogen) atoms. The number of hydrogen-bond donors (Lipinski definition) is 1. The Morgan fingerprint density at radius 2 is 2.15 bits per heavy atom. The lowest BCUT2D eigenvalue weighted by molar-refractivity contribution is 0.357. The van der Waals surface area contributed by atoms with Crippen LogP contribution < -0.4 is 5.32 Å². The number of benzene rings is 1. The second kappa shape index (κ2) is 5.06. The second-order valence-corrected chi connectivity index (χ2v) is 6.47. The minimum absolute atomic E-state index is 0.295. The second-order valence-electron chi connectivity index (χ2n) is 6.47. The van der Waals surface area contributed by atoms with Crippen LogP contribution in [0.15, 0.2) is 36.7 Å². The van der Waals surface area contributed by atoms with Gasteiger partial charge in [0.05, 0.1) is 6.20 Å². The lowest BCUT2D eigenvalue weighted by atomic mass is 9.71. The van der Waals surface area contributed by atoms with Crippen molar-refractivity contribution in [2.45, 2.75) is 44.7 Å². The van der Waals surface area contributed by atoms with Gasteiger partial charge < -0.3 is 5.32 Å². The zero-order valence-electron chi connectivity index (χ0n) is 12.6. The molecule has 106 valence electrons. The molecule has 2 aromatic rings. The minimum Gasteiger partial charge on any atom is -0.306 e. The summed E-state index contributed by atoms with van der Waals surface area (Å²) >= 11 is 0. The Balaban J connectivity index is 1.78. The van der Waals surface area contributed by atoms with E-state index in [1.807, 2.05) is 17.9 Å². The molecule has 1 N–H and O–H groups in total. The van der Waals surface area contributed by atoms with Gasteiger partial charge in [0.2, 0.25) is 0 Å². The predicted octanol–water partition coefficient (Wildman–Crippen LogP) is 3.32. The average molecular weight is 269 g/mol.